The van der Waals surface area contributed by atoms with E-state index in [0.29, 0.717) is 0 Å². The normalized spacial score (nSPS) is 11.8. The molecule has 2 nitrogen and oxygen atoms in total. The van der Waals surface area contributed by atoms with Crippen molar-refractivity contribution in [2.75, 3.05) is 13.1 Å². The highest BCUT2D eigenvalue weighted by molar-refractivity contribution is 5.25. The fourth-order valence-electron chi connectivity index (χ4n) is 2.23. The van der Waals surface area contributed by atoms with E-state index in [4.69, 9.17) is 0 Å². The molecule has 2 heteroatoms. The van der Waals surface area contributed by atoms with Gasteiger partial charge >= 0.3 is 0 Å². The first-order chi connectivity index (χ1) is 9.90. The third-order valence-corrected chi connectivity index (χ3v) is 3.37. The van der Waals surface area contributed by atoms with Gasteiger partial charge in [0, 0.05) is 6.54 Å². The molecule has 0 bridgehead atoms. The molecular weight excluding hydrogens is 244 g/mol. The topological polar surface area (TPSA) is 35.8 Å². The predicted molar refractivity (Wildman–Crippen MR) is 82.4 cm³/mol. The van der Waals surface area contributed by atoms with Crippen molar-refractivity contribution in [3.63, 3.8) is 0 Å². The highest BCUT2D eigenvalue weighted by Gasteiger charge is 2.08. The quantitative estimate of drug-likeness (QED) is 0.777. The number of aryl methyl sites for hydroxylation is 1. The molecule has 0 radical (unpaired) electrons. The van der Waals surface area contributed by atoms with Crippen LogP contribution in [0.4, 0.5) is 0 Å². The van der Waals surface area contributed by atoms with Gasteiger partial charge < -0.3 is 5.32 Å². The van der Waals surface area contributed by atoms with Crippen LogP contribution in [0.3, 0.4) is 0 Å². The van der Waals surface area contributed by atoms with Crippen LogP contribution in [0, 0.1) is 11.3 Å². The summed E-state index contributed by atoms with van der Waals surface area (Å²) in [5.41, 5.74) is 2.46. The summed E-state index contributed by atoms with van der Waals surface area (Å²) in [5, 5.41) is 12.6. The maximum Gasteiger partial charge on any atom is 0.0837 e. The molecule has 0 saturated heterocycles. The molecule has 1 atom stereocenters. The lowest BCUT2D eigenvalue weighted by Gasteiger charge is -2.10. The average molecular weight is 264 g/mol. The molecule has 0 aliphatic carbocycles. The molecule has 2 rings (SSSR count). The van der Waals surface area contributed by atoms with E-state index >= 15 is 0 Å². The Kier molecular flexibility index (Phi) is 5.82. The number of hydrogen-bond donors (Lipinski definition) is 1. The van der Waals surface area contributed by atoms with Crippen LogP contribution >= 0.6 is 0 Å². The summed E-state index contributed by atoms with van der Waals surface area (Å²) in [7, 11) is 0. The SMILES string of the molecule is N#CC(CNCCCc1ccccc1)c1ccccc1. The van der Waals surface area contributed by atoms with Crippen LogP contribution in [0.25, 0.3) is 0 Å². The van der Waals surface area contributed by atoms with E-state index in [2.05, 4.69) is 35.7 Å². The van der Waals surface area contributed by atoms with E-state index in [1.807, 2.05) is 36.4 Å². The van der Waals surface area contributed by atoms with Gasteiger partial charge in [-0.1, -0.05) is 60.7 Å². The van der Waals surface area contributed by atoms with Crippen LogP contribution in [0.2, 0.25) is 0 Å². The van der Waals surface area contributed by atoms with Crippen molar-refractivity contribution in [2.45, 2.75) is 18.8 Å². The molecule has 1 N–H and O–H groups in total. The largest absolute Gasteiger partial charge is 0.315 e. The predicted octanol–water partition coefficient (Wildman–Crippen LogP) is 3.52. The zero-order valence-electron chi connectivity index (χ0n) is 11.6. The fourth-order valence-corrected chi connectivity index (χ4v) is 2.23. The zero-order valence-corrected chi connectivity index (χ0v) is 11.6. The van der Waals surface area contributed by atoms with Gasteiger partial charge in [-0.25, -0.2) is 0 Å². The van der Waals surface area contributed by atoms with E-state index in [1.54, 1.807) is 0 Å². The Morgan fingerprint density at radius 1 is 0.950 bits per heavy atom. The molecule has 0 saturated carbocycles. The van der Waals surface area contributed by atoms with Crippen LogP contribution < -0.4 is 5.32 Å². The Morgan fingerprint density at radius 3 is 2.25 bits per heavy atom. The van der Waals surface area contributed by atoms with Crippen LogP contribution in [0.1, 0.15) is 23.5 Å². The number of nitrogens with zero attached hydrogens (tertiary/aromatic N) is 1. The minimum Gasteiger partial charge on any atom is -0.315 e. The van der Waals surface area contributed by atoms with Crippen molar-refractivity contribution >= 4 is 0 Å². The van der Waals surface area contributed by atoms with Gasteiger partial charge in [0.2, 0.25) is 0 Å². The molecule has 0 heterocycles. The molecule has 0 aliphatic heterocycles. The van der Waals surface area contributed by atoms with Crippen molar-refractivity contribution in [3.05, 3.63) is 71.8 Å². The van der Waals surface area contributed by atoms with Gasteiger partial charge in [-0.2, -0.15) is 5.26 Å². The molecule has 0 fully saturated rings. The van der Waals surface area contributed by atoms with Crippen LogP contribution in [0.15, 0.2) is 60.7 Å². The maximum absolute atomic E-state index is 9.22. The van der Waals surface area contributed by atoms with E-state index in [-0.39, 0.29) is 5.92 Å². The summed E-state index contributed by atoms with van der Waals surface area (Å²) in [5.74, 6) is -0.0621. The molecule has 20 heavy (non-hydrogen) atoms. The van der Waals surface area contributed by atoms with E-state index in [1.165, 1.54) is 5.56 Å². The second-order valence-electron chi connectivity index (χ2n) is 4.89. The maximum atomic E-state index is 9.22. The molecule has 2 aromatic carbocycles. The first kappa shape index (κ1) is 14.3. The van der Waals surface area contributed by atoms with Gasteiger partial charge in [0.25, 0.3) is 0 Å². The Bertz CT molecular complexity index is 528. The van der Waals surface area contributed by atoms with Crippen LogP contribution in [-0.2, 0) is 6.42 Å². The first-order valence-corrected chi connectivity index (χ1v) is 7.09. The summed E-state index contributed by atoms with van der Waals surface area (Å²) < 4.78 is 0. The number of nitrogens with one attached hydrogen (secondary N) is 1. The monoisotopic (exact) mass is 264 g/mol. The minimum absolute atomic E-state index is 0.0621. The fraction of sp³-hybridized carbons (Fsp3) is 0.278. The van der Waals surface area contributed by atoms with Crippen molar-refractivity contribution in [1.82, 2.24) is 5.32 Å². The molecule has 1 unspecified atom stereocenters. The van der Waals surface area contributed by atoms with Crippen LogP contribution in [0.5, 0.6) is 0 Å². The van der Waals surface area contributed by atoms with Gasteiger partial charge in [0.15, 0.2) is 0 Å². The average Bonchev–Trinajstić information content (AvgIpc) is 2.53. The lowest BCUT2D eigenvalue weighted by atomic mass is 10.0. The van der Waals surface area contributed by atoms with Gasteiger partial charge in [-0.3, -0.25) is 0 Å². The molecule has 0 aromatic heterocycles. The van der Waals surface area contributed by atoms with Gasteiger partial charge in [-0.15, -0.1) is 0 Å². The minimum atomic E-state index is -0.0621. The Hall–Kier alpha value is -2.11. The van der Waals surface area contributed by atoms with Crippen LogP contribution in [-0.4, -0.2) is 13.1 Å². The second-order valence-corrected chi connectivity index (χ2v) is 4.89. The second kappa shape index (κ2) is 8.14. The molecule has 0 spiro atoms. The molecular formula is C18H20N2. The molecule has 0 amide bonds. The van der Waals surface area contributed by atoms with Gasteiger partial charge in [-0.05, 0) is 30.5 Å². The Balaban J connectivity index is 1.69. The van der Waals surface area contributed by atoms with Crippen molar-refractivity contribution < 1.29 is 0 Å². The number of rotatable bonds is 7. The van der Waals surface area contributed by atoms with Gasteiger partial charge in [0.05, 0.1) is 12.0 Å². The van der Waals surface area contributed by atoms with Crippen molar-refractivity contribution in [1.29, 1.82) is 5.26 Å². The third-order valence-electron chi connectivity index (χ3n) is 3.37. The number of benzene rings is 2. The number of nitriles is 1. The first-order valence-electron chi connectivity index (χ1n) is 7.09. The lowest BCUT2D eigenvalue weighted by molar-refractivity contribution is 0.623. The van der Waals surface area contributed by atoms with E-state index < -0.39 is 0 Å². The van der Waals surface area contributed by atoms with Gasteiger partial charge in [0.1, 0.15) is 0 Å². The summed E-state index contributed by atoms with van der Waals surface area (Å²) >= 11 is 0. The zero-order chi connectivity index (χ0) is 14.0. The highest BCUT2D eigenvalue weighted by atomic mass is 14.9. The third kappa shape index (κ3) is 4.53. The smallest absolute Gasteiger partial charge is 0.0837 e. The summed E-state index contributed by atoms with van der Waals surface area (Å²) in [6.07, 6.45) is 2.17. The lowest BCUT2D eigenvalue weighted by Crippen LogP contribution is -2.22. The highest BCUT2D eigenvalue weighted by Crippen LogP contribution is 2.13. The summed E-state index contributed by atoms with van der Waals surface area (Å²) in [6.45, 7) is 1.66. The summed E-state index contributed by atoms with van der Waals surface area (Å²) in [6, 6.07) is 22.8. The van der Waals surface area contributed by atoms with Crippen molar-refractivity contribution in [3.8, 4) is 6.07 Å². The van der Waals surface area contributed by atoms with E-state index in [0.717, 1.165) is 31.5 Å². The van der Waals surface area contributed by atoms with E-state index in [9.17, 15) is 5.26 Å². The molecule has 102 valence electrons. The Labute approximate surface area is 121 Å². The standard InChI is InChI=1S/C18H20N2/c19-14-18(17-11-5-2-6-12-17)15-20-13-7-10-16-8-3-1-4-9-16/h1-6,8-9,11-12,18,20H,7,10,13,15H2. The molecule has 2 aromatic rings. The van der Waals surface area contributed by atoms with Crippen molar-refractivity contribution in [2.24, 2.45) is 0 Å². The number of hydrogen-bond acceptors (Lipinski definition) is 2. The molecule has 0 aliphatic rings. The summed E-state index contributed by atoms with van der Waals surface area (Å²) in [4.78, 5) is 0. The Morgan fingerprint density at radius 2 is 1.60 bits per heavy atom.